The highest BCUT2D eigenvalue weighted by atomic mass is 19.1. The molecule has 6 nitrogen and oxygen atoms in total. The molecule has 0 amide bonds. The summed E-state index contributed by atoms with van der Waals surface area (Å²) in [5, 5.41) is 8.51. The van der Waals surface area contributed by atoms with Crippen molar-refractivity contribution < 1.29 is 28.2 Å². The average Bonchev–Trinajstić information content (AvgIpc) is 2.77. The largest absolute Gasteiger partial charge is 0.480 e. The Kier molecular flexibility index (Phi) is 8.90. The number of carboxylic acids is 1. The molecule has 1 saturated heterocycles. The summed E-state index contributed by atoms with van der Waals surface area (Å²) in [6.45, 7) is 5.01. The van der Waals surface area contributed by atoms with Crippen molar-refractivity contribution in [3.05, 3.63) is 71.3 Å². The summed E-state index contributed by atoms with van der Waals surface area (Å²) in [4.78, 5) is 15.0. The lowest BCUT2D eigenvalue weighted by atomic mass is 9.96. The third kappa shape index (κ3) is 7.36. The van der Waals surface area contributed by atoms with Gasteiger partial charge in [-0.25, -0.2) is 13.6 Å². The summed E-state index contributed by atoms with van der Waals surface area (Å²) in [6.07, 6.45) is 0. The van der Waals surface area contributed by atoms with Gasteiger partial charge in [0.15, 0.2) is 0 Å². The minimum Gasteiger partial charge on any atom is -0.480 e. The zero-order chi connectivity index (χ0) is 22.1. The maximum absolute atomic E-state index is 13.4. The summed E-state index contributed by atoms with van der Waals surface area (Å²) in [7, 11) is 0. The van der Waals surface area contributed by atoms with Gasteiger partial charge in [0.2, 0.25) is 0 Å². The van der Waals surface area contributed by atoms with Gasteiger partial charge in [-0.3, -0.25) is 9.80 Å². The van der Waals surface area contributed by atoms with E-state index < -0.39 is 5.97 Å². The van der Waals surface area contributed by atoms with E-state index >= 15 is 0 Å². The quantitative estimate of drug-likeness (QED) is 0.549. The highest BCUT2D eigenvalue weighted by Crippen LogP contribution is 2.30. The molecule has 0 saturated carbocycles. The van der Waals surface area contributed by atoms with Crippen molar-refractivity contribution in [1.82, 2.24) is 9.80 Å². The fourth-order valence-electron chi connectivity index (χ4n) is 3.72. The van der Waals surface area contributed by atoms with Gasteiger partial charge in [-0.05, 0) is 35.4 Å². The second kappa shape index (κ2) is 11.9. The topological polar surface area (TPSA) is 62.2 Å². The van der Waals surface area contributed by atoms with Gasteiger partial charge in [0.05, 0.1) is 25.9 Å². The number of halogens is 2. The van der Waals surface area contributed by atoms with Crippen LogP contribution in [0.2, 0.25) is 0 Å². The van der Waals surface area contributed by atoms with Gasteiger partial charge in [-0.2, -0.15) is 0 Å². The van der Waals surface area contributed by atoms with Crippen LogP contribution in [0, 0.1) is 11.6 Å². The lowest BCUT2D eigenvalue weighted by Crippen LogP contribution is -2.48. The molecule has 0 bridgehead atoms. The Balaban J connectivity index is 1.50. The van der Waals surface area contributed by atoms with Crippen LogP contribution in [0.25, 0.3) is 0 Å². The van der Waals surface area contributed by atoms with E-state index in [1.807, 2.05) is 0 Å². The van der Waals surface area contributed by atoms with Crippen molar-refractivity contribution in [2.45, 2.75) is 6.04 Å². The van der Waals surface area contributed by atoms with Crippen LogP contribution in [0.15, 0.2) is 48.5 Å². The van der Waals surface area contributed by atoms with Gasteiger partial charge in [0, 0.05) is 32.7 Å². The Morgan fingerprint density at radius 3 is 1.87 bits per heavy atom. The molecule has 0 aliphatic carbocycles. The second-order valence-corrected chi connectivity index (χ2v) is 7.44. The van der Waals surface area contributed by atoms with E-state index in [9.17, 15) is 13.6 Å². The first-order valence-corrected chi connectivity index (χ1v) is 10.4. The molecule has 8 heteroatoms. The van der Waals surface area contributed by atoms with Crippen molar-refractivity contribution in [2.75, 3.05) is 59.2 Å². The van der Waals surface area contributed by atoms with Crippen molar-refractivity contribution in [1.29, 1.82) is 0 Å². The number of rotatable bonds is 11. The maximum atomic E-state index is 13.4. The number of hydrogen-bond acceptors (Lipinski definition) is 5. The SMILES string of the molecule is O=C(O)COCCOCCN1CCN(C(c2ccc(F)cc2)c2ccc(F)cc2)CC1. The molecule has 1 heterocycles. The van der Waals surface area contributed by atoms with Gasteiger partial charge >= 0.3 is 5.97 Å². The Morgan fingerprint density at radius 2 is 1.35 bits per heavy atom. The molecule has 3 rings (SSSR count). The summed E-state index contributed by atoms with van der Waals surface area (Å²) >= 11 is 0. The van der Waals surface area contributed by atoms with E-state index in [2.05, 4.69) is 9.80 Å². The van der Waals surface area contributed by atoms with Gasteiger partial charge in [0.25, 0.3) is 0 Å². The van der Waals surface area contributed by atoms with E-state index in [-0.39, 0.29) is 30.9 Å². The zero-order valence-corrected chi connectivity index (χ0v) is 17.4. The van der Waals surface area contributed by atoms with E-state index in [1.165, 1.54) is 24.3 Å². The van der Waals surface area contributed by atoms with E-state index in [1.54, 1.807) is 24.3 Å². The lowest BCUT2D eigenvalue weighted by Gasteiger charge is -2.39. The molecule has 0 aromatic heterocycles. The van der Waals surface area contributed by atoms with Crippen LogP contribution in [-0.2, 0) is 14.3 Å². The molecule has 1 fully saturated rings. The Labute approximate surface area is 181 Å². The Morgan fingerprint density at radius 1 is 0.839 bits per heavy atom. The van der Waals surface area contributed by atoms with Crippen molar-refractivity contribution >= 4 is 5.97 Å². The summed E-state index contributed by atoms with van der Waals surface area (Å²) in [5.41, 5.74) is 1.96. The van der Waals surface area contributed by atoms with Gasteiger partial charge in [-0.1, -0.05) is 24.3 Å². The van der Waals surface area contributed by atoms with Crippen LogP contribution < -0.4 is 0 Å². The highest BCUT2D eigenvalue weighted by Gasteiger charge is 2.26. The molecule has 168 valence electrons. The number of piperazine rings is 1. The van der Waals surface area contributed by atoms with Crippen LogP contribution in [-0.4, -0.2) is 80.0 Å². The second-order valence-electron chi connectivity index (χ2n) is 7.44. The first kappa shape index (κ1) is 23.3. The molecule has 2 aromatic rings. The lowest BCUT2D eigenvalue weighted by molar-refractivity contribution is -0.142. The van der Waals surface area contributed by atoms with Crippen LogP contribution in [0.5, 0.6) is 0 Å². The summed E-state index contributed by atoms with van der Waals surface area (Å²) in [5.74, 6) is -1.54. The predicted octanol–water partition coefficient (Wildman–Crippen LogP) is 2.79. The molecule has 0 unspecified atom stereocenters. The molecule has 1 aliphatic rings. The van der Waals surface area contributed by atoms with Crippen LogP contribution in [0.4, 0.5) is 8.78 Å². The maximum Gasteiger partial charge on any atom is 0.329 e. The first-order chi connectivity index (χ1) is 15.0. The third-order valence-electron chi connectivity index (χ3n) is 5.29. The average molecular weight is 434 g/mol. The molecular formula is C23H28F2N2O4. The molecular weight excluding hydrogens is 406 g/mol. The number of benzene rings is 2. The van der Waals surface area contributed by atoms with E-state index in [0.29, 0.717) is 13.2 Å². The highest BCUT2D eigenvalue weighted by molar-refractivity contribution is 5.67. The first-order valence-electron chi connectivity index (χ1n) is 10.4. The van der Waals surface area contributed by atoms with Crippen LogP contribution >= 0.6 is 0 Å². The number of carboxylic acid groups (broad SMARTS) is 1. The Bertz CT molecular complexity index is 764. The normalized spacial score (nSPS) is 15.5. The predicted molar refractivity (Wildman–Crippen MR) is 112 cm³/mol. The van der Waals surface area contributed by atoms with E-state index in [0.717, 1.165) is 43.9 Å². The van der Waals surface area contributed by atoms with Gasteiger partial charge < -0.3 is 14.6 Å². The standard InChI is InChI=1S/C23H28F2N2O4/c24-20-5-1-18(2-6-20)23(19-3-7-21(25)8-4-19)27-11-9-26(10-12-27)13-14-30-15-16-31-17-22(28)29/h1-8,23H,9-17H2,(H,28,29). The fraction of sp³-hybridized carbons (Fsp3) is 0.435. The smallest absolute Gasteiger partial charge is 0.329 e. The number of nitrogens with zero attached hydrogens (tertiary/aromatic N) is 2. The third-order valence-corrected chi connectivity index (χ3v) is 5.29. The molecule has 0 spiro atoms. The van der Waals surface area contributed by atoms with Gasteiger partial charge in [0.1, 0.15) is 18.2 Å². The van der Waals surface area contributed by atoms with Crippen LogP contribution in [0.3, 0.4) is 0 Å². The molecule has 0 atom stereocenters. The molecule has 1 N–H and O–H groups in total. The minimum absolute atomic E-state index is 0.0639. The minimum atomic E-state index is -0.988. The fourth-order valence-corrected chi connectivity index (χ4v) is 3.72. The number of hydrogen-bond donors (Lipinski definition) is 1. The number of aliphatic carboxylic acids is 1. The molecule has 1 aliphatic heterocycles. The summed E-state index contributed by atoms with van der Waals surface area (Å²) in [6, 6.07) is 12.9. The van der Waals surface area contributed by atoms with E-state index in [4.69, 9.17) is 14.6 Å². The monoisotopic (exact) mass is 434 g/mol. The zero-order valence-electron chi connectivity index (χ0n) is 17.4. The number of carbonyl (C=O) groups is 1. The molecule has 31 heavy (non-hydrogen) atoms. The number of ether oxygens (including phenoxy) is 2. The summed E-state index contributed by atoms with van der Waals surface area (Å²) < 4.78 is 37.3. The Hall–Kier alpha value is -2.39. The molecule has 2 aromatic carbocycles. The van der Waals surface area contributed by atoms with Crippen LogP contribution in [0.1, 0.15) is 17.2 Å². The van der Waals surface area contributed by atoms with Crippen molar-refractivity contribution in [2.24, 2.45) is 0 Å². The van der Waals surface area contributed by atoms with Gasteiger partial charge in [-0.15, -0.1) is 0 Å². The van der Waals surface area contributed by atoms with Crippen molar-refractivity contribution in [3.8, 4) is 0 Å². The van der Waals surface area contributed by atoms with Crippen molar-refractivity contribution in [3.63, 3.8) is 0 Å². The molecule has 0 radical (unpaired) electrons.